The van der Waals surface area contributed by atoms with Gasteiger partial charge in [0.1, 0.15) is 0 Å². The van der Waals surface area contributed by atoms with Crippen molar-refractivity contribution in [3.8, 4) is 0 Å². The molecule has 4 unspecified atom stereocenters. The number of esters is 1. The Kier molecular flexibility index (Phi) is 5.85. The summed E-state index contributed by atoms with van der Waals surface area (Å²) in [6.07, 6.45) is 16.1. The van der Waals surface area contributed by atoms with E-state index >= 15 is 0 Å². The Balaban J connectivity index is 1.33. The molecule has 32 heavy (non-hydrogen) atoms. The molecule has 4 heteroatoms. The van der Waals surface area contributed by atoms with Gasteiger partial charge in [0.2, 0.25) is 0 Å². The van der Waals surface area contributed by atoms with Gasteiger partial charge in [-0.3, -0.25) is 0 Å². The third kappa shape index (κ3) is 3.52. The molecule has 3 saturated carbocycles. The molecule has 1 aliphatic heterocycles. The van der Waals surface area contributed by atoms with Crippen molar-refractivity contribution in [3.05, 3.63) is 23.8 Å². The molecule has 7 atom stereocenters. The number of carbonyl (C=O) groups is 1. The van der Waals surface area contributed by atoms with Gasteiger partial charge in [-0.15, -0.1) is 0 Å². The lowest BCUT2D eigenvalue weighted by Crippen LogP contribution is -2.52. The zero-order valence-corrected chi connectivity index (χ0v) is 20.5. The van der Waals surface area contributed by atoms with E-state index in [0.29, 0.717) is 29.3 Å². The quantitative estimate of drug-likeness (QED) is 0.301. The Labute approximate surface area is 194 Å². The topological polar surface area (TPSA) is 44.8 Å². The third-order valence-corrected chi connectivity index (χ3v) is 10.5. The first-order valence-electron chi connectivity index (χ1n) is 13.1. The van der Waals surface area contributed by atoms with Crippen LogP contribution >= 0.6 is 0 Å². The predicted molar refractivity (Wildman–Crippen MR) is 125 cm³/mol. The lowest BCUT2D eigenvalue weighted by molar-refractivity contribution is -0.185. The van der Waals surface area contributed by atoms with Crippen molar-refractivity contribution in [3.63, 3.8) is 0 Å². The van der Waals surface area contributed by atoms with E-state index in [-0.39, 0.29) is 11.8 Å². The number of allylic oxidation sites excluding steroid dienone is 2. The van der Waals surface area contributed by atoms with E-state index in [1.54, 1.807) is 11.6 Å². The highest BCUT2D eigenvalue weighted by Gasteiger charge is 2.60. The van der Waals surface area contributed by atoms with Crippen molar-refractivity contribution in [2.45, 2.75) is 84.8 Å². The monoisotopic (exact) mass is 442 g/mol. The highest BCUT2D eigenvalue weighted by Crippen LogP contribution is 2.68. The van der Waals surface area contributed by atoms with Crippen LogP contribution in [0.3, 0.4) is 0 Å². The Morgan fingerprint density at radius 2 is 1.94 bits per heavy atom. The first-order valence-corrected chi connectivity index (χ1v) is 13.1. The number of hydrogen-bond donors (Lipinski definition) is 0. The molecular formula is C28H42O4. The summed E-state index contributed by atoms with van der Waals surface area (Å²) in [6, 6.07) is 0. The average Bonchev–Trinajstić information content (AvgIpc) is 3.37. The van der Waals surface area contributed by atoms with E-state index in [1.165, 1.54) is 38.5 Å². The number of rotatable bonds is 4. The summed E-state index contributed by atoms with van der Waals surface area (Å²) in [4.78, 5) is 11.8. The fraction of sp³-hybridized carbons (Fsp3) is 0.821. The van der Waals surface area contributed by atoms with Crippen molar-refractivity contribution >= 4 is 5.97 Å². The predicted octanol–water partition coefficient (Wildman–Crippen LogP) is 6.06. The lowest BCUT2D eigenvalue weighted by atomic mass is 9.46. The summed E-state index contributed by atoms with van der Waals surface area (Å²) in [5.74, 6) is 2.95. The summed E-state index contributed by atoms with van der Waals surface area (Å²) in [5, 5.41) is 0. The second-order valence-electron chi connectivity index (χ2n) is 11.7. The van der Waals surface area contributed by atoms with Crippen LogP contribution in [0.4, 0.5) is 0 Å². The minimum atomic E-state index is -0.319. The average molecular weight is 443 g/mol. The van der Waals surface area contributed by atoms with Crippen molar-refractivity contribution < 1.29 is 19.0 Å². The molecule has 0 radical (unpaired) electrons. The maximum Gasteiger partial charge on any atom is 0.330 e. The van der Waals surface area contributed by atoms with Crippen LogP contribution in [0.25, 0.3) is 0 Å². The number of fused-ring (bicyclic) bond motifs is 5. The Morgan fingerprint density at radius 1 is 1.16 bits per heavy atom. The molecule has 5 rings (SSSR count). The summed E-state index contributed by atoms with van der Waals surface area (Å²) < 4.78 is 17.3. The van der Waals surface area contributed by atoms with Gasteiger partial charge in [-0.25, -0.2) is 4.79 Å². The maximum absolute atomic E-state index is 11.8. The molecule has 4 fully saturated rings. The first kappa shape index (κ1) is 22.7. The molecule has 0 amide bonds. The fourth-order valence-corrected chi connectivity index (χ4v) is 8.81. The van der Waals surface area contributed by atoms with Gasteiger partial charge in [-0.05, 0) is 85.9 Å². The van der Waals surface area contributed by atoms with Gasteiger partial charge >= 0.3 is 5.97 Å². The van der Waals surface area contributed by atoms with Gasteiger partial charge in [-0.1, -0.05) is 38.5 Å². The van der Waals surface area contributed by atoms with E-state index in [2.05, 4.69) is 32.9 Å². The first-order chi connectivity index (χ1) is 15.3. The van der Waals surface area contributed by atoms with Gasteiger partial charge < -0.3 is 14.2 Å². The largest absolute Gasteiger partial charge is 0.463 e. The molecule has 1 spiro atoms. The fourth-order valence-electron chi connectivity index (χ4n) is 8.81. The van der Waals surface area contributed by atoms with Crippen LogP contribution in [0.1, 0.15) is 79.1 Å². The zero-order valence-electron chi connectivity index (χ0n) is 20.5. The van der Waals surface area contributed by atoms with Crippen molar-refractivity contribution in [2.24, 2.45) is 40.4 Å². The minimum absolute atomic E-state index is 0.203. The third-order valence-electron chi connectivity index (χ3n) is 10.5. The molecule has 178 valence electrons. The molecule has 0 bridgehead atoms. The normalized spacial score (nSPS) is 43.4. The second kappa shape index (κ2) is 8.27. The van der Waals surface area contributed by atoms with Crippen LogP contribution in [-0.2, 0) is 19.0 Å². The summed E-state index contributed by atoms with van der Waals surface area (Å²) in [6.45, 7) is 11.2. The summed E-state index contributed by atoms with van der Waals surface area (Å²) >= 11 is 0. The second-order valence-corrected chi connectivity index (χ2v) is 11.7. The smallest absolute Gasteiger partial charge is 0.330 e. The molecule has 0 aromatic heterocycles. The van der Waals surface area contributed by atoms with Crippen molar-refractivity contribution in [2.75, 3.05) is 19.8 Å². The summed E-state index contributed by atoms with van der Waals surface area (Å²) in [5.41, 5.74) is 2.32. The molecule has 4 aliphatic carbocycles. The van der Waals surface area contributed by atoms with Crippen molar-refractivity contribution in [1.29, 1.82) is 0 Å². The Hall–Kier alpha value is -1.13. The van der Waals surface area contributed by atoms with Gasteiger partial charge in [-0.2, -0.15) is 0 Å². The Morgan fingerprint density at radius 3 is 2.69 bits per heavy atom. The number of hydrogen-bond acceptors (Lipinski definition) is 4. The number of ether oxygens (including phenoxy) is 3. The highest BCUT2D eigenvalue weighted by atomic mass is 16.7. The van der Waals surface area contributed by atoms with Crippen LogP contribution < -0.4 is 0 Å². The summed E-state index contributed by atoms with van der Waals surface area (Å²) in [7, 11) is 0. The maximum atomic E-state index is 11.8. The highest BCUT2D eigenvalue weighted by molar-refractivity contribution is 5.81. The van der Waals surface area contributed by atoms with Gasteiger partial charge in [0.15, 0.2) is 5.79 Å². The van der Waals surface area contributed by atoms with Gasteiger partial charge in [0, 0.05) is 18.9 Å². The Bertz CT molecular complexity index is 793. The van der Waals surface area contributed by atoms with Crippen LogP contribution in [0, 0.1) is 40.4 Å². The zero-order chi connectivity index (χ0) is 22.6. The molecule has 4 nitrogen and oxygen atoms in total. The van der Waals surface area contributed by atoms with E-state index < -0.39 is 0 Å². The molecule has 1 saturated heterocycles. The molecule has 5 aliphatic rings. The van der Waals surface area contributed by atoms with Crippen LogP contribution in [0.15, 0.2) is 23.8 Å². The molecular weight excluding hydrogens is 400 g/mol. The van der Waals surface area contributed by atoms with E-state index in [4.69, 9.17) is 14.2 Å². The number of carbonyl (C=O) groups excluding carboxylic acids is 1. The van der Waals surface area contributed by atoms with E-state index in [1.807, 2.05) is 6.92 Å². The van der Waals surface area contributed by atoms with Crippen LogP contribution in [0.5, 0.6) is 0 Å². The van der Waals surface area contributed by atoms with Gasteiger partial charge in [0.25, 0.3) is 0 Å². The minimum Gasteiger partial charge on any atom is -0.463 e. The molecule has 0 aromatic rings. The standard InChI is InChI=1S/C28H42O4/c1-5-30-25(29)11-6-19(2)22-9-10-23-21-8-7-20-18-28(31-16-17-32-28)15-14-26(20,3)24(21)12-13-27(22,23)4/h6-7,11,19,21-24H,5,8-10,12-18H2,1-4H3/b11-6+/t19-,21?,22?,23?,24?,26+,27-/m1/s1. The van der Waals surface area contributed by atoms with Crippen molar-refractivity contribution in [1.82, 2.24) is 0 Å². The lowest BCUT2D eigenvalue weighted by Gasteiger charge is -2.59. The van der Waals surface area contributed by atoms with Crippen LogP contribution in [-0.4, -0.2) is 31.6 Å². The SMILES string of the molecule is CCOC(=O)/C=C/[C@@H](C)C1CCC2C3CC=C4CC5(CC[C@]4(C)C3CC[C@@]21C)OCCO5. The van der Waals surface area contributed by atoms with Crippen LogP contribution in [0.2, 0.25) is 0 Å². The molecule has 0 aromatic carbocycles. The van der Waals surface area contributed by atoms with E-state index in [9.17, 15) is 4.79 Å². The van der Waals surface area contributed by atoms with E-state index in [0.717, 1.165) is 43.8 Å². The molecule has 1 heterocycles. The molecule has 0 N–H and O–H groups in total. The van der Waals surface area contributed by atoms with Gasteiger partial charge in [0.05, 0.1) is 19.8 Å².